The van der Waals surface area contributed by atoms with Crippen LogP contribution in [0.15, 0.2) is 42.5 Å². The fourth-order valence-corrected chi connectivity index (χ4v) is 5.84. The molecule has 1 aromatic carbocycles. The number of aliphatic hydroxyl groups is 2. The number of carbonyl (C=O) groups is 2. The predicted molar refractivity (Wildman–Crippen MR) is 148 cm³/mol. The number of allylic oxidation sites excluding steroid dienone is 2. The normalized spacial score (nSPS) is 29.9. The van der Waals surface area contributed by atoms with E-state index in [1.807, 2.05) is 32.0 Å². The van der Waals surface area contributed by atoms with Gasteiger partial charge in [0.25, 0.3) is 0 Å². The van der Waals surface area contributed by atoms with E-state index in [0.29, 0.717) is 12.8 Å². The highest BCUT2D eigenvalue weighted by Crippen LogP contribution is 2.35. The topological polar surface area (TPSA) is 96.7 Å². The number of aryl methyl sites for hydroxylation is 1. The number of cyclic esters (lactones) is 1. The molecule has 6 nitrogen and oxygen atoms in total. The molecule has 0 saturated heterocycles. The van der Waals surface area contributed by atoms with Crippen molar-refractivity contribution in [1.82, 2.24) is 4.98 Å². The summed E-state index contributed by atoms with van der Waals surface area (Å²) in [7, 11) is 0. The molecule has 202 valence electrons. The number of hydrogen-bond acceptors (Lipinski definition) is 7. The number of rotatable bonds is 3. The van der Waals surface area contributed by atoms with E-state index >= 15 is 0 Å². The second kappa shape index (κ2) is 12.5. The number of fused-ring (bicyclic) bond motifs is 1. The number of ketones is 1. The Kier molecular flexibility index (Phi) is 9.84. The first kappa shape index (κ1) is 29.2. The second-order valence-electron chi connectivity index (χ2n) is 11.0. The Hall–Kier alpha value is -2.35. The molecule has 3 rings (SSSR count). The molecule has 2 aromatic rings. The SMILES string of the molecule is C=CC[C@@H]1C(=O)C(C)(C)[C@H](O)CC(=O)O[C@@H](c2ccc3sc(C)nc3c2)C/C=C(/C)CCC[C@@H](C)[C@H]1O. The molecule has 5 atom stereocenters. The number of hydrogen-bond donors (Lipinski definition) is 2. The largest absolute Gasteiger partial charge is 0.457 e. The second-order valence-corrected chi connectivity index (χ2v) is 12.3. The van der Waals surface area contributed by atoms with E-state index in [1.165, 1.54) is 5.57 Å². The van der Waals surface area contributed by atoms with Gasteiger partial charge in [-0.05, 0) is 63.1 Å². The summed E-state index contributed by atoms with van der Waals surface area (Å²) in [6.45, 7) is 13.0. The first-order valence-corrected chi connectivity index (χ1v) is 14.0. The maximum absolute atomic E-state index is 13.6. The van der Waals surface area contributed by atoms with Crippen LogP contribution in [-0.4, -0.2) is 39.2 Å². The first-order chi connectivity index (χ1) is 17.4. The van der Waals surface area contributed by atoms with Gasteiger partial charge in [0.15, 0.2) is 0 Å². The van der Waals surface area contributed by atoms with Crippen molar-refractivity contribution in [3.8, 4) is 0 Å². The van der Waals surface area contributed by atoms with Gasteiger partial charge in [0.1, 0.15) is 11.9 Å². The lowest BCUT2D eigenvalue weighted by Gasteiger charge is -2.35. The van der Waals surface area contributed by atoms with E-state index in [1.54, 1.807) is 31.3 Å². The molecule has 0 radical (unpaired) electrons. The molecule has 1 aromatic heterocycles. The van der Waals surface area contributed by atoms with Crippen molar-refractivity contribution in [2.24, 2.45) is 17.3 Å². The van der Waals surface area contributed by atoms with Crippen molar-refractivity contribution in [2.75, 3.05) is 0 Å². The average molecular weight is 528 g/mol. The number of Topliss-reactive ketones (excluding diaryl/α,β-unsaturated/α-hetero) is 1. The van der Waals surface area contributed by atoms with E-state index in [9.17, 15) is 19.8 Å². The monoisotopic (exact) mass is 527 g/mol. The molecule has 0 aliphatic carbocycles. The fourth-order valence-electron chi connectivity index (χ4n) is 5.04. The fraction of sp³-hybridized carbons (Fsp3) is 0.567. The summed E-state index contributed by atoms with van der Waals surface area (Å²) in [4.78, 5) is 31.2. The number of aliphatic hydroxyl groups excluding tert-OH is 2. The van der Waals surface area contributed by atoms with Crippen LogP contribution in [0.25, 0.3) is 10.2 Å². The van der Waals surface area contributed by atoms with Crippen LogP contribution in [0.1, 0.15) is 82.9 Å². The summed E-state index contributed by atoms with van der Waals surface area (Å²) in [5.74, 6) is -1.62. The molecule has 37 heavy (non-hydrogen) atoms. The van der Waals surface area contributed by atoms with E-state index in [4.69, 9.17) is 4.74 Å². The molecule has 2 heterocycles. The summed E-state index contributed by atoms with van der Waals surface area (Å²) < 4.78 is 6.99. The third kappa shape index (κ3) is 7.15. The van der Waals surface area contributed by atoms with Gasteiger partial charge in [-0.1, -0.05) is 44.6 Å². The van der Waals surface area contributed by atoms with Crippen LogP contribution in [0, 0.1) is 24.2 Å². The molecule has 0 spiro atoms. The van der Waals surface area contributed by atoms with Crippen LogP contribution in [0.3, 0.4) is 0 Å². The van der Waals surface area contributed by atoms with Gasteiger partial charge in [0, 0.05) is 12.3 Å². The highest BCUT2D eigenvalue weighted by Gasteiger charge is 2.43. The summed E-state index contributed by atoms with van der Waals surface area (Å²) >= 11 is 1.62. The highest BCUT2D eigenvalue weighted by molar-refractivity contribution is 7.18. The summed E-state index contributed by atoms with van der Waals surface area (Å²) in [6.07, 6.45) is 4.10. The lowest BCUT2D eigenvalue weighted by atomic mass is 9.71. The zero-order valence-electron chi connectivity index (χ0n) is 22.7. The van der Waals surface area contributed by atoms with Crippen LogP contribution in [-0.2, 0) is 14.3 Å². The van der Waals surface area contributed by atoms with E-state index in [2.05, 4.69) is 24.6 Å². The Balaban J connectivity index is 1.93. The maximum Gasteiger partial charge on any atom is 0.309 e. The number of esters is 1. The third-order valence-electron chi connectivity index (χ3n) is 7.66. The van der Waals surface area contributed by atoms with Crippen LogP contribution in [0.2, 0.25) is 0 Å². The van der Waals surface area contributed by atoms with Gasteiger partial charge in [0.2, 0.25) is 0 Å². The number of carbonyl (C=O) groups excluding carboxylic acids is 2. The lowest BCUT2D eigenvalue weighted by molar-refractivity contribution is -0.156. The van der Waals surface area contributed by atoms with Crippen LogP contribution in [0.5, 0.6) is 0 Å². The van der Waals surface area contributed by atoms with Gasteiger partial charge < -0.3 is 14.9 Å². The van der Waals surface area contributed by atoms with Gasteiger partial charge in [-0.15, -0.1) is 17.9 Å². The molecule has 1 aliphatic rings. The minimum absolute atomic E-state index is 0.0893. The summed E-state index contributed by atoms with van der Waals surface area (Å²) in [5.41, 5.74) is 1.66. The zero-order valence-corrected chi connectivity index (χ0v) is 23.5. The van der Waals surface area contributed by atoms with Crippen molar-refractivity contribution >= 4 is 33.3 Å². The minimum atomic E-state index is -1.25. The molecule has 0 amide bonds. The smallest absolute Gasteiger partial charge is 0.309 e. The minimum Gasteiger partial charge on any atom is -0.457 e. The average Bonchev–Trinajstić information content (AvgIpc) is 3.22. The number of ether oxygens (including phenoxy) is 1. The Labute approximate surface area is 224 Å². The van der Waals surface area contributed by atoms with Crippen LogP contribution in [0.4, 0.5) is 0 Å². The van der Waals surface area contributed by atoms with E-state index < -0.39 is 35.6 Å². The van der Waals surface area contributed by atoms with Gasteiger partial charge in [-0.3, -0.25) is 9.59 Å². The number of thiazole rings is 1. The molecular formula is C30H41NO5S. The standard InChI is InChI=1S/C30H41NO5S/c1-7-9-22-28(34)19(3)11-8-10-18(2)12-14-24(21-13-15-25-23(16-21)31-20(4)37-25)36-27(33)17-26(32)30(5,6)29(22)35/h7,12-13,15-16,19,22,24,26,28,32,34H,1,8-11,14,17H2,2-6H3/b18-12-/t19-,22+,24-,26-,28-/m1/s1. The molecule has 2 N–H and O–H groups in total. The van der Waals surface area contributed by atoms with E-state index in [0.717, 1.165) is 40.1 Å². The molecule has 0 bridgehead atoms. The maximum atomic E-state index is 13.6. The number of aromatic nitrogens is 1. The molecule has 0 fully saturated rings. The predicted octanol–water partition coefficient (Wildman–Crippen LogP) is 6.24. The molecular weight excluding hydrogens is 486 g/mol. The lowest BCUT2D eigenvalue weighted by Crippen LogP contribution is -2.46. The van der Waals surface area contributed by atoms with Crippen molar-refractivity contribution < 1.29 is 24.5 Å². The van der Waals surface area contributed by atoms with Crippen LogP contribution < -0.4 is 0 Å². The molecule has 0 saturated carbocycles. The van der Waals surface area contributed by atoms with Gasteiger partial charge in [-0.25, -0.2) is 4.98 Å². The Morgan fingerprint density at radius 2 is 1.97 bits per heavy atom. The van der Waals surface area contributed by atoms with Crippen molar-refractivity contribution in [3.05, 3.63) is 53.1 Å². The molecule has 0 unspecified atom stereocenters. The van der Waals surface area contributed by atoms with Crippen molar-refractivity contribution in [1.29, 1.82) is 0 Å². The van der Waals surface area contributed by atoms with Crippen molar-refractivity contribution in [3.63, 3.8) is 0 Å². The Bertz CT molecular complexity index is 1150. The van der Waals surface area contributed by atoms with Crippen molar-refractivity contribution in [2.45, 2.75) is 91.5 Å². The number of nitrogens with zero attached hydrogens (tertiary/aromatic N) is 1. The highest BCUT2D eigenvalue weighted by atomic mass is 32.1. The van der Waals surface area contributed by atoms with Gasteiger partial charge in [0.05, 0.1) is 39.3 Å². The Morgan fingerprint density at radius 1 is 1.24 bits per heavy atom. The number of benzene rings is 1. The zero-order chi connectivity index (χ0) is 27.3. The molecule has 1 aliphatic heterocycles. The Morgan fingerprint density at radius 3 is 2.68 bits per heavy atom. The first-order valence-electron chi connectivity index (χ1n) is 13.2. The van der Waals surface area contributed by atoms with Crippen LogP contribution >= 0.6 is 11.3 Å². The van der Waals surface area contributed by atoms with Gasteiger partial charge in [-0.2, -0.15) is 0 Å². The summed E-state index contributed by atoms with van der Waals surface area (Å²) in [6, 6.07) is 5.93. The summed E-state index contributed by atoms with van der Waals surface area (Å²) in [5, 5.41) is 23.1. The van der Waals surface area contributed by atoms with E-state index in [-0.39, 0.29) is 18.1 Å². The quantitative estimate of drug-likeness (QED) is 0.362. The molecule has 7 heteroatoms. The van der Waals surface area contributed by atoms with Gasteiger partial charge >= 0.3 is 5.97 Å². The third-order valence-corrected chi connectivity index (χ3v) is 8.61.